The number of nitrogens with two attached hydrogens (primary N) is 1. The summed E-state index contributed by atoms with van der Waals surface area (Å²) in [5.74, 6) is 1.83. The minimum atomic E-state index is 0.520. The van der Waals surface area contributed by atoms with Gasteiger partial charge in [0.1, 0.15) is 11.6 Å². The maximum atomic E-state index is 5.42. The highest BCUT2D eigenvalue weighted by Gasteiger charge is 1.96. The topological polar surface area (TPSA) is 48.1 Å². The molecule has 1 rings (SSSR count). The number of pyridine rings is 1. The van der Waals surface area contributed by atoms with Gasteiger partial charge >= 0.3 is 0 Å². The molecule has 0 aliphatic carbocycles. The van der Waals surface area contributed by atoms with Gasteiger partial charge in [0.15, 0.2) is 0 Å². The third kappa shape index (κ3) is 2.78. The summed E-state index contributed by atoms with van der Waals surface area (Å²) in [6.07, 6.45) is 1.64. The summed E-state index contributed by atoms with van der Waals surface area (Å²) in [5.41, 5.74) is 5.42. The van der Waals surface area contributed by atoms with E-state index >= 15 is 0 Å². The largest absolute Gasteiger partial charge is 0.492 e. The molecule has 0 unspecified atom stereocenters. The lowest BCUT2D eigenvalue weighted by Gasteiger charge is -2.07. The first-order valence-electron chi connectivity index (χ1n) is 4.03. The molecule has 0 saturated carbocycles. The highest BCUT2D eigenvalue weighted by molar-refractivity contribution is 5.31. The van der Waals surface area contributed by atoms with Gasteiger partial charge in [0, 0.05) is 0 Å². The highest BCUT2D eigenvalue weighted by Crippen LogP contribution is 2.10. The molecule has 66 valence electrons. The van der Waals surface area contributed by atoms with Gasteiger partial charge < -0.3 is 10.5 Å². The molecule has 0 amide bonds. The van der Waals surface area contributed by atoms with Crippen LogP contribution < -0.4 is 10.5 Å². The minimum Gasteiger partial charge on any atom is -0.492 e. The van der Waals surface area contributed by atoms with Crippen LogP contribution >= 0.6 is 0 Å². The van der Waals surface area contributed by atoms with Crippen LogP contribution in [0.4, 0.5) is 5.82 Å². The van der Waals surface area contributed by atoms with E-state index in [1.165, 1.54) is 0 Å². The Morgan fingerprint density at radius 1 is 1.50 bits per heavy atom. The van der Waals surface area contributed by atoms with Crippen molar-refractivity contribution in [2.45, 2.75) is 13.8 Å². The fourth-order valence-corrected chi connectivity index (χ4v) is 0.740. The molecule has 0 aliphatic rings. The molecule has 1 aromatic rings. The predicted molar refractivity (Wildman–Crippen MR) is 49.0 cm³/mol. The minimum absolute atomic E-state index is 0.520. The summed E-state index contributed by atoms with van der Waals surface area (Å²) in [7, 11) is 0. The molecule has 2 N–H and O–H groups in total. The summed E-state index contributed by atoms with van der Waals surface area (Å²) in [6, 6.07) is 3.56. The monoisotopic (exact) mass is 166 g/mol. The second kappa shape index (κ2) is 3.95. The first-order chi connectivity index (χ1) is 5.68. The Labute approximate surface area is 72.6 Å². The average molecular weight is 166 g/mol. The summed E-state index contributed by atoms with van der Waals surface area (Å²) in [6.45, 7) is 4.92. The lowest BCUT2D eigenvalue weighted by molar-refractivity contribution is 0.270. The highest BCUT2D eigenvalue weighted by atomic mass is 16.5. The van der Waals surface area contributed by atoms with E-state index in [-0.39, 0.29) is 0 Å². The average Bonchev–Trinajstić information content (AvgIpc) is 2.03. The van der Waals surface area contributed by atoms with E-state index in [2.05, 4.69) is 18.8 Å². The zero-order chi connectivity index (χ0) is 8.97. The van der Waals surface area contributed by atoms with Crippen molar-refractivity contribution < 1.29 is 4.74 Å². The third-order valence-corrected chi connectivity index (χ3v) is 1.34. The van der Waals surface area contributed by atoms with Crippen molar-refractivity contribution in [2.75, 3.05) is 12.3 Å². The smallest absolute Gasteiger partial charge is 0.137 e. The second-order valence-corrected chi connectivity index (χ2v) is 3.12. The van der Waals surface area contributed by atoms with Crippen LogP contribution in [0.2, 0.25) is 0 Å². The molecule has 0 bridgehead atoms. The van der Waals surface area contributed by atoms with Crippen molar-refractivity contribution >= 4 is 5.82 Å². The number of nitrogen functional groups attached to an aromatic ring is 1. The van der Waals surface area contributed by atoms with Crippen LogP contribution in [-0.4, -0.2) is 11.6 Å². The maximum absolute atomic E-state index is 5.42. The van der Waals surface area contributed by atoms with E-state index in [1.54, 1.807) is 12.3 Å². The van der Waals surface area contributed by atoms with Gasteiger partial charge in [0.05, 0.1) is 12.8 Å². The third-order valence-electron chi connectivity index (χ3n) is 1.34. The van der Waals surface area contributed by atoms with Crippen LogP contribution in [0.15, 0.2) is 18.3 Å². The van der Waals surface area contributed by atoms with Crippen molar-refractivity contribution in [1.82, 2.24) is 4.98 Å². The van der Waals surface area contributed by atoms with Crippen molar-refractivity contribution in [3.8, 4) is 5.75 Å². The number of anilines is 1. The summed E-state index contributed by atoms with van der Waals surface area (Å²) in [5, 5.41) is 0. The van der Waals surface area contributed by atoms with Gasteiger partial charge in [-0.1, -0.05) is 13.8 Å². The number of ether oxygens (including phenoxy) is 1. The van der Waals surface area contributed by atoms with Crippen molar-refractivity contribution in [3.63, 3.8) is 0 Å². The van der Waals surface area contributed by atoms with E-state index < -0.39 is 0 Å². The van der Waals surface area contributed by atoms with Crippen LogP contribution in [0.3, 0.4) is 0 Å². The molecule has 1 aromatic heterocycles. The molecule has 0 radical (unpaired) electrons. The van der Waals surface area contributed by atoms with Gasteiger partial charge in [0.2, 0.25) is 0 Å². The van der Waals surface area contributed by atoms with E-state index in [0.29, 0.717) is 18.3 Å². The van der Waals surface area contributed by atoms with Gasteiger partial charge in [-0.25, -0.2) is 4.98 Å². The van der Waals surface area contributed by atoms with Gasteiger partial charge in [-0.2, -0.15) is 0 Å². The lowest BCUT2D eigenvalue weighted by atomic mass is 10.2. The van der Waals surface area contributed by atoms with Crippen LogP contribution in [-0.2, 0) is 0 Å². The zero-order valence-corrected chi connectivity index (χ0v) is 7.45. The Bertz CT molecular complexity index is 231. The molecule has 12 heavy (non-hydrogen) atoms. The Kier molecular flexibility index (Phi) is 2.91. The van der Waals surface area contributed by atoms with Crippen LogP contribution in [0.5, 0.6) is 5.75 Å². The van der Waals surface area contributed by atoms with E-state index in [9.17, 15) is 0 Å². The van der Waals surface area contributed by atoms with Gasteiger partial charge in [0.25, 0.3) is 0 Å². The Balaban J connectivity index is 2.48. The van der Waals surface area contributed by atoms with E-state index in [1.807, 2.05) is 6.07 Å². The Hall–Kier alpha value is -1.25. The fraction of sp³-hybridized carbons (Fsp3) is 0.444. The second-order valence-electron chi connectivity index (χ2n) is 3.12. The number of aromatic nitrogens is 1. The molecule has 0 saturated heterocycles. The lowest BCUT2D eigenvalue weighted by Crippen LogP contribution is -2.04. The predicted octanol–water partition coefficient (Wildman–Crippen LogP) is 1.70. The van der Waals surface area contributed by atoms with Crippen molar-refractivity contribution in [1.29, 1.82) is 0 Å². The summed E-state index contributed by atoms with van der Waals surface area (Å²) >= 11 is 0. The van der Waals surface area contributed by atoms with Gasteiger partial charge in [-0.15, -0.1) is 0 Å². The standard InChI is InChI=1S/C9H14N2O/c1-7(2)6-12-8-3-4-9(10)11-5-8/h3-5,7H,6H2,1-2H3,(H2,10,11). The quantitative estimate of drug-likeness (QED) is 0.743. The number of nitrogens with zero attached hydrogens (tertiary/aromatic N) is 1. The number of rotatable bonds is 3. The molecule has 1 heterocycles. The van der Waals surface area contributed by atoms with Gasteiger partial charge in [-0.05, 0) is 18.1 Å². The van der Waals surface area contributed by atoms with Crippen LogP contribution in [0, 0.1) is 5.92 Å². The zero-order valence-electron chi connectivity index (χ0n) is 7.45. The van der Waals surface area contributed by atoms with Crippen molar-refractivity contribution in [3.05, 3.63) is 18.3 Å². The van der Waals surface area contributed by atoms with E-state index in [4.69, 9.17) is 10.5 Å². The Morgan fingerprint density at radius 3 is 2.75 bits per heavy atom. The van der Waals surface area contributed by atoms with Crippen LogP contribution in [0.25, 0.3) is 0 Å². The first kappa shape index (κ1) is 8.84. The molecular formula is C9H14N2O. The number of hydrogen-bond donors (Lipinski definition) is 1. The summed E-state index contributed by atoms with van der Waals surface area (Å²) < 4.78 is 5.40. The van der Waals surface area contributed by atoms with Gasteiger partial charge in [-0.3, -0.25) is 0 Å². The number of hydrogen-bond acceptors (Lipinski definition) is 3. The molecule has 0 aliphatic heterocycles. The summed E-state index contributed by atoms with van der Waals surface area (Å²) in [4.78, 5) is 3.91. The molecule has 3 heteroatoms. The molecule has 0 atom stereocenters. The SMILES string of the molecule is CC(C)COc1ccc(N)nc1. The first-order valence-corrected chi connectivity index (χ1v) is 4.03. The molecule has 0 aromatic carbocycles. The molecule has 0 spiro atoms. The fourth-order valence-electron chi connectivity index (χ4n) is 0.740. The Morgan fingerprint density at radius 2 is 2.25 bits per heavy atom. The van der Waals surface area contributed by atoms with E-state index in [0.717, 1.165) is 5.75 Å². The molecular weight excluding hydrogens is 152 g/mol. The van der Waals surface area contributed by atoms with Crippen molar-refractivity contribution in [2.24, 2.45) is 5.92 Å². The normalized spacial score (nSPS) is 10.2. The van der Waals surface area contributed by atoms with Crippen LogP contribution in [0.1, 0.15) is 13.8 Å². The molecule has 0 fully saturated rings. The molecule has 3 nitrogen and oxygen atoms in total. The maximum Gasteiger partial charge on any atom is 0.137 e.